The number of anilines is 1. The lowest BCUT2D eigenvalue weighted by atomic mass is 9.96. The number of Topliss-reactive ketones (excluding diaryl/α,β-unsaturated/α-hetero) is 1. The minimum absolute atomic E-state index is 0.134. The number of aromatic amines is 1. The lowest BCUT2D eigenvalue weighted by Crippen LogP contribution is -2.23. The summed E-state index contributed by atoms with van der Waals surface area (Å²) in [5.41, 5.74) is 6.45. The average molecular weight is 359 g/mol. The first-order chi connectivity index (χ1) is 13.2. The number of carbonyl (C=O) groups is 1. The van der Waals surface area contributed by atoms with Crippen LogP contribution in [0.1, 0.15) is 27.9 Å². The van der Waals surface area contributed by atoms with Crippen molar-refractivity contribution in [2.45, 2.75) is 12.8 Å². The summed E-state index contributed by atoms with van der Waals surface area (Å²) in [6.07, 6.45) is 5.88. The fourth-order valence-corrected chi connectivity index (χ4v) is 3.78. The second-order valence-electron chi connectivity index (χ2n) is 7.22. The predicted octanol–water partition coefficient (Wildman–Crippen LogP) is 4.35. The van der Waals surface area contributed by atoms with E-state index in [1.807, 2.05) is 37.4 Å². The molecule has 0 aliphatic carbocycles. The highest BCUT2D eigenvalue weighted by Gasteiger charge is 2.15. The standard InChI is InChI=1S/C23H25N3O/c1-24-21-6-4-3-5-18(21)23(27)14-16-7-8-22-19(13-16)20(15-25-22)17-9-11-26(2)12-10-17/h3-9,13,15,24-25H,10-12,14H2,1-2H3. The normalized spacial score (nSPS) is 15.0. The second kappa shape index (κ2) is 7.41. The largest absolute Gasteiger partial charge is 0.388 e. The molecule has 4 nitrogen and oxygen atoms in total. The van der Waals surface area contributed by atoms with Gasteiger partial charge >= 0.3 is 0 Å². The summed E-state index contributed by atoms with van der Waals surface area (Å²) in [6, 6.07) is 14.0. The van der Waals surface area contributed by atoms with Crippen molar-refractivity contribution in [1.29, 1.82) is 0 Å². The topological polar surface area (TPSA) is 48.1 Å². The molecule has 0 amide bonds. The molecule has 0 radical (unpaired) electrons. The minimum atomic E-state index is 0.134. The lowest BCUT2D eigenvalue weighted by Gasteiger charge is -2.21. The lowest BCUT2D eigenvalue weighted by molar-refractivity contribution is 0.0994. The molecule has 0 spiro atoms. The molecule has 0 saturated heterocycles. The number of aromatic nitrogens is 1. The van der Waals surface area contributed by atoms with Gasteiger partial charge in [-0.15, -0.1) is 0 Å². The van der Waals surface area contributed by atoms with Gasteiger partial charge in [-0.3, -0.25) is 4.79 Å². The number of benzene rings is 2. The van der Waals surface area contributed by atoms with E-state index in [0.717, 1.165) is 41.8 Å². The van der Waals surface area contributed by atoms with Gasteiger partial charge in [0.05, 0.1) is 0 Å². The van der Waals surface area contributed by atoms with Crippen molar-refractivity contribution in [3.63, 3.8) is 0 Å². The first-order valence-corrected chi connectivity index (χ1v) is 9.43. The van der Waals surface area contributed by atoms with Crippen molar-refractivity contribution in [2.24, 2.45) is 0 Å². The van der Waals surface area contributed by atoms with Gasteiger partial charge in [0.1, 0.15) is 0 Å². The zero-order chi connectivity index (χ0) is 18.8. The quantitative estimate of drug-likeness (QED) is 0.666. The van der Waals surface area contributed by atoms with E-state index in [-0.39, 0.29) is 5.78 Å². The molecule has 2 aromatic carbocycles. The number of likely N-dealkylation sites (N-methyl/N-ethyl adjacent to an activating group) is 1. The van der Waals surface area contributed by atoms with E-state index < -0.39 is 0 Å². The molecule has 138 valence electrons. The zero-order valence-corrected chi connectivity index (χ0v) is 15.9. The van der Waals surface area contributed by atoms with Gasteiger partial charge in [-0.25, -0.2) is 0 Å². The van der Waals surface area contributed by atoms with E-state index in [9.17, 15) is 4.79 Å². The van der Waals surface area contributed by atoms with E-state index in [2.05, 4.69) is 46.7 Å². The van der Waals surface area contributed by atoms with Crippen molar-refractivity contribution in [1.82, 2.24) is 9.88 Å². The van der Waals surface area contributed by atoms with Crippen molar-refractivity contribution >= 4 is 27.9 Å². The van der Waals surface area contributed by atoms with Gasteiger partial charge in [0.2, 0.25) is 0 Å². The van der Waals surface area contributed by atoms with E-state index in [1.54, 1.807) is 0 Å². The molecule has 4 heteroatoms. The molecule has 0 atom stereocenters. The Labute approximate surface area is 159 Å². The van der Waals surface area contributed by atoms with Gasteiger partial charge in [0.15, 0.2) is 5.78 Å². The molecular formula is C23H25N3O. The molecule has 0 fully saturated rings. The van der Waals surface area contributed by atoms with Crippen LogP contribution in [0.5, 0.6) is 0 Å². The number of para-hydroxylation sites is 1. The van der Waals surface area contributed by atoms with Crippen molar-refractivity contribution < 1.29 is 4.79 Å². The monoisotopic (exact) mass is 359 g/mol. The Morgan fingerprint density at radius 2 is 2.07 bits per heavy atom. The Bertz CT molecular complexity index is 1020. The Morgan fingerprint density at radius 3 is 2.85 bits per heavy atom. The highest BCUT2D eigenvalue weighted by Crippen LogP contribution is 2.30. The van der Waals surface area contributed by atoms with Gasteiger partial charge in [0, 0.05) is 60.5 Å². The van der Waals surface area contributed by atoms with E-state index in [4.69, 9.17) is 0 Å². The molecule has 1 aliphatic heterocycles. The van der Waals surface area contributed by atoms with E-state index in [0.29, 0.717) is 6.42 Å². The van der Waals surface area contributed by atoms with Crippen LogP contribution < -0.4 is 5.32 Å². The van der Waals surface area contributed by atoms with Gasteiger partial charge in [-0.05, 0) is 48.9 Å². The summed E-state index contributed by atoms with van der Waals surface area (Å²) in [5.74, 6) is 0.134. The number of fused-ring (bicyclic) bond motifs is 1. The summed E-state index contributed by atoms with van der Waals surface area (Å²) < 4.78 is 0. The Morgan fingerprint density at radius 1 is 1.22 bits per heavy atom. The molecule has 2 N–H and O–H groups in total. The van der Waals surface area contributed by atoms with Gasteiger partial charge in [-0.1, -0.05) is 24.3 Å². The van der Waals surface area contributed by atoms with Crippen LogP contribution >= 0.6 is 0 Å². The molecular weight excluding hydrogens is 334 g/mol. The predicted molar refractivity (Wildman–Crippen MR) is 112 cm³/mol. The maximum atomic E-state index is 12.8. The number of nitrogens with one attached hydrogen (secondary N) is 2. The molecule has 0 bridgehead atoms. The Kier molecular flexibility index (Phi) is 4.82. The maximum absolute atomic E-state index is 12.8. The number of rotatable bonds is 5. The first kappa shape index (κ1) is 17.6. The summed E-state index contributed by atoms with van der Waals surface area (Å²) in [7, 11) is 3.99. The Balaban J connectivity index is 1.63. The van der Waals surface area contributed by atoms with Crippen LogP contribution in [-0.4, -0.2) is 42.9 Å². The average Bonchev–Trinajstić information content (AvgIpc) is 3.11. The zero-order valence-electron chi connectivity index (χ0n) is 15.9. The minimum Gasteiger partial charge on any atom is -0.388 e. The molecule has 4 rings (SSSR count). The summed E-state index contributed by atoms with van der Waals surface area (Å²) >= 11 is 0. The summed E-state index contributed by atoms with van der Waals surface area (Å²) in [5, 5.41) is 4.31. The number of carbonyl (C=O) groups excluding carboxylic acids is 1. The molecule has 3 aromatic rings. The van der Waals surface area contributed by atoms with Crippen molar-refractivity contribution in [2.75, 3.05) is 32.5 Å². The first-order valence-electron chi connectivity index (χ1n) is 9.43. The maximum Gasteiger partial charge on any atom is 0.169 e. The highest BCUT2D eigenvalue weighted by atomic mass is 16.1. The molecule has 1 aromatic heterocycles. The fraction of sp³-hybridized carbons (Fsp3) is 0.261. The molecule has 0 saturated carbocycles. The number of ketones is 1. The highest BCUT2D eigenvalue weighted by molar-refractivity contribution is 6.03. The molecule has 0 unspecified atom stereocenters. The van der Waals surface area contributed by atoms with Gasteiger partial charge < -0.3 is 15.2 Å². The number of hydrogen-bond acceptors (Lipinski definition) is 3. The van der Waals surface area contributed by atoms with Crippen LogP contribution in [0, 0.1) is 0 Å². The molecule has 27 heavy (non-hydrogen) atoms. The van der Waals surface area contributed by atoms with Gasteiger partial charge in [-0.2, -0.15) is 0 Å². The van der Waals surface area contributed by atoms with Crippen LogP contribution in [0.3, 0.4) is 0 Å². The number of H-pyrrole nitrogens is 1. The van der Waals surface area contributed by atoms with Crippen LogP contribution in [0.2, 0.25) is 0 Å². The summed E-state index contributed by atoms with van der Waals surface area (Å²) in [4.78, 5) is 18.5. The van der Waals surface area contributed by atoms with Gasteiger partial charge in [0.25, 0.3) is 0 Å². The van der Waals surface area contributed by atoms with Crippen LogP contribution in [0.4, 0.5) is 5.69 Å². The molecule has 2 heterocycles. The van der Waals surface area contributed by atoms with Crippen LogP contribution in [0.25, 0.3) is 16.5 Å². The SMILES string of the molecule is CNc1ccccc1C(=O)Cc1ccc2[nH]cc(C3=CCN(C)CC3)c2c1. The third kappa shape index (κ3) is 3.53. The van der Waals surface area contributed by atoms with Crippen molar-refractivity contribution in [3.05, 3.63) is 71.4 Å². The number of nitrogens with zero attached hydrogens (tertiary/aromatic N) is 1. The van der Waals surface area contributed by atoms with E-state index in [1.165, 1.54) is 16.5 Å². The van der Waals surface area contributed by atoms with Crippen LogP contribution in [0.15, 0.2) is 54.7 Å². The second-order valence-corrected chi connectivity index (χ2v) is 7.22. The fourth-order valence-electron chi connectivity index (χ4n) is 3.78. The van der Waals surface area contributed by atoms with Crippen LogP contribution in [-0.2, 0) is 6.42 Å². The third-order valence-electron chi connectivity index (χ3n) is 5.37. The molecule has 1 aliphatic rings. The van der Waals surface area contributed by atoms with Crippen molar-refractivity contribution in [3.8, 4) is 0 Å². The number of hydrogen-bond donors (Lipinski definition) is 2. The summed E-state index contributed by atoms with van der Waals surface area (Å²) in [6.45, 7) is 2.07. The Hall–Kier alpha value is -2.85. The third-order valence-corrected chi connectivity index (χ3v) is 5.37. The smallest absolute Gasteiger partial charge is 0.169 e. The van der Waals surface area contributed by atoms with E-state index >= 15 is 0 Å².